The van der Waals surface area contributed by atoms with Crippen LogP contribution in [0, 0.1) is 0 Å². The van der Waals surface area contributed by atoms with Crippen LogP contribution in [0.3, 0.4) is 0 Å². The highest BCUT2D eigenvalue weighted by molar-refractivity contribution is 7.99. The summed E-state index contributed by atoms with van der Waals surface area (Å²) in [7, 11) is 0. The lowest BCUT2D eigenvalue weighted by Crippen LogP contribution is -2.16. The molecule has 0 saturated heterocycles. The topological polar surface area (TPSA) is 69.0 Å². The van der Waals surface area contributed by atoms with Gasteiger partial charge >= 0.3 is 0 Å². The van der Waals surface area contributed by atoms with E-state index in [1.54, 1.807) is 24.3 Å². The Labute approximate surface area is 208 Å². The summed E-state index contributed by atoms with van der Waals surface area (Å²) < 4.78 is 7.98. The van der Waals surface area contributed by atoms with Gasteiger partial charge in [-0.15, -0.1) is 16.8 Å². The molecule has 9 heteroatoms. The number of nitrogens with one attached hydrogen (secondary N) is 1. The molecule has 3 aromatic rings. The van der Waals surface area contributed by atoms with Gasteiger partial charge < -0.3 is 10.1 Å². The van der Waals surface area contributed by atoms with Crippen molar-refractivity contribution in [2.24, 2.45) is 0 Å². The Morgan fingerprint density at radius 3 is 2.58 bits per heavy atom. The Kier molecular flexibility index (Phi) is 8.83. The Hall–Kier alpha value is -2.48. The minimum absolute atomic E-state index is 0.129. The van der Waals surface area contributed by atoms with Gasteiger partial charge in [0.25, 0.3) is 0 Å². The molecule has 1 atom stereocenters. The van der Waals surface area contributed by atoms with E-state index in [-0.39, 0.29) is 17.8 Å². The van der Waals surface area contributed by atoms with E-state index in [2.05, 4.69) is 48.1 Å². The number of nitrogens with zero attached hydrogens (tertiary/aromatic N) is 3. The second kappa shape index (κ2) is 11.6. The predicted molar refractivity (Wildman–Crippen MR) is 136 cm³/mol. The number of hydrogen-bond acceptors (Lipinski definition) is 5. The molecule has 33 heavy (non-hydrogen) atoms. The second-order valence-electron chi connectivity index (χ2n) is 7.68. The average Bonchev–Trinajstić information content (AvgIpc) is 3.18. The Balaban J connectivity index is 1.67. The van der Waals surface area contributed by atoms with Gasteiger partial charge in [-0.2, -0.15) is 0 Å². The summed E-state index contributed by atoms with van der Waals surface area (Å²) in [5.74, 6) is 1.77. The minimum atomic E-state index is -0.337. The predicted octanol–water partition coefficient (Wildman–Crippen LogP) is 6.77. The second-order valence-corrected chi connectivity index (χ2v) is 9.47. The van der Waals surface area contributed by atoms with Crippen LogP contribution in [0.15, 0.2) is 60.3 Å². The van der Waals surface area contributed by atoms with Gasteiger partial charge in [-0.3, -0.25) is 9.36 Å². The summed E-state index contributed by atoms with van der Waals surface area (Å²) in [6.07, 6.45) is 1.42. The maximum absolute atomic E-state index is 12.4. The molecule has 1 aromatic heterocycles. The van der Waals surface area contributed by atoms with Gasteiger partial charge in [0.2, 0.25) is 5.91 Å². The van der Waals surface area contributed by atoms with Crippen LogP contribution in [0.1, 0.15) is 44.2 Å². The normalized spacial score (nSPS) is 11.9. The van der Waals surface area contributed by atoms with Crippen molar-refractivity contribution in [1.29, 1.82) is 0 Å². The number of hydrogen-bond donors (Lipinski definition) is 1. The third kappa shape index (κ3) is 6.76. The molecular formula is C24H26Cl2N4O2S. The third-order valence-corrected chi connectivity index (χ3v) is 6.35. The Bertz CT molecular complexity index is 1120. The van der Waals surface area contributed by atoms with Crippen molar-refractivity contribution in [3.05, 3.63) is 76.6 Å². The molecule has 2 aromatic carbocycles. The number of aromatic nitrogens is 3. The maximum Gasteiger partial charge on any atom is 0.234 e. The van der Waals surface area contributed by atoms with Crippen LogP contribution < -0.4 is 10.1 Å². The van der Waals surface area contributed by atoms with Gasteiger partial charge in [-0.05, 0) is 48.7 Å². The summed E-state index contributed by atoms with van der Waals surface area (Å²) in [4.78, 5) is 12.4. The first-order chi connectivity index (χ1) is 15.8. The molecular weight excluding hydrogens is 479 g/mol. The first-order valence-corrected chi connectivity index (χ1v) is 12.2. The molecule has 1 N–H and O–H groups in total. The van der Waals surface area contributed by atoms with Gasteiger partial charge in [-0.1, -0.05) is 67.0 Å². The molecule has 174 valence electrons. The molecule has 1 heterocycles. The lowest BCUT2D eigenvalue weighted by atomic mass is 10.0. The van der Waals surface area contributed by atoms with E-state index in [4.69, 9.17) is 27.9 Å². The fourth-order valence-corrected chi connectivity index (χ4v) is 4.20. The molecule has 0 aliphatic heterocycles. The van der Waals surface area contributed by atoms with Crippen molar-refractivity contribution in [3.8, 4) is 5.75 Å². The minimum Gasteiger partial charge on any atom is -0.483 e. The van der Waals surface area contributed by atoms with Crippen molar-refractivity contribution < 1.29 is 9.53 Å². The number of amides is 1. The maximum atomic E-state index is 12.4. The zero-order valence-electron chi connectivity index (χ0n) is 18.7. The highest BCUT2D eigenvalue weighted by Crippen LogP contribution is 2.28. The number of benzene rings is 2. The number of halogens is 2. The standard InChI is InChI=1S/C24H26Cl2N4O2S/c1-5-12-30-23(16(4)32-19-9-6-17(7-10-19)15(2)3)28-29-24(30)33-14-22(31)27-21-13-18(25)8-11-20(21)26/h5-11,13,15-16H,1,12,14H2,2-4H3,(H,27,31). The highest BCUT2D eigenvalue weighted by atomic mass is 35.5. The number of thioether (sulfide) groups is 1. The number of rotatable bonds is 10. The number of carbonyl (C=O) groups is 1. The molecule has 0 aliphatic carbocycles. The third-order valence-electron chi connectivity index (χ3n) is 4.82. The van der Waals surface area contributed by atoms with Gasteiger partial charge in [0.15, 0.2) is 17.1 Å². The van der Waals surface area contributed by atoms with Gasteiger partial charge in [0.05, 0.1) is 16.5 Å². The average molecular weight is 505 g/mol. The highest BCUT2D eigenvalue weighted by Gasteiger charge is 2.20. The summed E-state index contributed by atoms with van der Waals surface area (Å²) in [5, 5.41) is 12.9. The molecule has 0 spiro atoms. The van der Waals surface area contributed by atoms with E-state index in [1.807, 2.05) is 23.6 Å². The van der Waals surface area contributed by atoms with Crippen molar-refractivity contribution in [1.82, 2.24) is 14.8 Å². The molecule has 6 nitrogen and oxygen atoms in total. The van der Waals surface area contributed by atoms with Crippen LogP contribution in [-0.2, 0) is 11.3 Å². The van der Waals surface area contributed by atoms with Crippen LogP contribution in [-0.4, -0.2) is 26.4 Å². The largest absolute Gasteiger partial charge is 0.483 e. The zero-order chi connectivity index (χ0) is 24.0. The Morgan fingerprint density at radius 1 is 1.18 bits per heavy atom. The van der Waals surface area contributed by atoms with E-state index in [0.717, 1.165) is 5.75 Å². The summed E-state index contributed by atoms with van der Waals surface area (Å²) in [6.45, 7) is 10.5. The smallest absolute Gasteiger partial charge is 0.234 e. The van der Waals surface area contributed by atoms with Crippen LogP contribution in [0.4, 0.5) is 5.69 Å². The van der Waals surface area contributed by atoms with Gasteiger partial charge in [-0.25, -0.2) is 0 Å². The van der Waals surface area contributed by atoms with Crippen LogP contribution in [0.25, 0.3) is 0 Å². The van der Waals surface area contributed by atoms with Crippen molar-refractivity contribution in [2.75, 3.05) is 11.1 Å². The molecule has 1 amide bonds. The Morgan fingerprint density at radius 2 is 1.91 bits per heavy atom. The van der Waals surface area contributed by atoms with Crippen molar-refractivity contribution in [3.63, 3.8) is 0 Å². The molecule has 0 fully saturated rings. The molecule has 0 bridgehead atoms. The fourth-order valence-electron chi connectivity index (χ4n) is 3.11. The lowest BCUT2D eigenvalue weighted by molar-refractivity contribution is -0.113. The SMILES string of the molecule is C=CCn1c(SCC(=O)Nc2cc(Cl)ccc2Cl)nnc1C(C)Oc1ccc(C(C)C)cc1. The molecule has 0 radical (unpaired) electrons. The fraction of sp³-hybridized carbons (Fsp3) is 0.292. The van der Waals surface area contributed by atoms with Crippen molar-refractivity contribution >= 4 is 46.6 Å². The zero-order valence-corrected chi connectivity index (χ0v) is 21.0. The molecule has 1 unspecified atom stereocenters. The molecule has 0 saturated carbocycles. The van der Waals surface area contributed by atoms with Crippen LogP contribution in [0.2, 0.25) is 10.0 Å². The lowest BCUT2D eigenvalue weighted by Gasteiger charge is -2.16. The summed E-state index contributed by atoms with van der Waals surface area (Å²) in [6, 6.07) is 13.0. The monoisotopic (exact) mass is 504 g/mol. The number of anilines is 1. The first-order valence-electron chi connectivity index (χ1n) is 10.5. The quantitative estimate of drug-likeness (QED) is 0.243. The van der Waals surface area contributed by atoms with E-state index >= 15 is 0 Å². The number of ether oxygens (including phenoxy) is 1. The summed E-state index contributed by atoms with van der Waals surface area (Å²) in [5.41, 5.74) is 1.72. The van der Waals surface area contributed by atoms with E-state index < -0.39 is 0 Å². The van der Waals surface area contributed by atoms with Crippen LogP contribution in [0.5, 0.6) is 5.75 Å². The van der Waals surface area contributed by atoms with Gasteiger partial charge in [0.1, 0.15) is 5.75 Å². The van der Waals surface area contributed by atoms with Crippen molar-refractivity contribution in [2.45, 2.75) is 44.5 Å². The van der Waals surface area contributed by atoms with Gasteiger partial charge in [0, 0.05) is 11.6 Å². The number of allylic oxidation sites excluding steroid dienone is 1. The van der Waals surface area contributed by atoms with E-state index in [0.29, 0.717) is 39.2 Å². The van der Waals surface area contributed by atoms with E-state index in [9.17, 15) is 4.79 Å². The number of carbonyl (C=O) groups excluding carboxylic acids is 1. The molecule has 3 rings (SSSR count). The van der Waals surface area contributed by atoms with E-state index in [1.165, 1.54) is 17.3 Å². The van der Waals surface area contributed by atoms with Crippen LogP contribution >= 0.6 is 35.0 Å². The molecule has 0 aliphatic rings. The first kappa shape index (κ1) is 25.1. The summed E-state index contributed by atoms with van der Waals surface area (Å²) >= 11 is 13.4.